The normalized spacial score (nSPS) is 15.3. The van der Waals surface area contributed by atoms with Crippen molar-refractivity contribution < 1.29 is 23.9 Å². The molecule has 33 heavy (non-hydrogen) atoms. The second-order valence-electron chi connectivity index (χ2n) is 8.16. The first-order valence-electron chi connectivity index (χ1n) is 11.0. The number of hydrogen-bond donors (Lipinski definition) is 0. The van der Waals surface area contributed by atoms with E-state index in [1.54, 1.807) is 14.0 Å². The Bertz CT molecular complexity index is 1030. The first-order valence-corrected chi connectivity index (χ1v) is 11.0. The lowest BCUT2D eigenvalue weighted by atomic mass is 9.96. The van der Waals surface area contributed by atoms with Gasteiger partial charge in [0.1, 0.15) is 12.4 Å². The Morgan fingerprint density at radius 1 is 1.03 bits per heavy atom. The lowest BCUT2D eigenvalue weighted by Crippen LogP contribution is -2.32. The summed E-state index contributed by atoms with van der Waals surface area (Å²) in [6.45, 7) is 10.1. The fourth-order valence-corrected chi connectivity index (χ4v) is 3.54. The van der Waals surface area contributed by atoms with Gasteiger partial charge in [-0.3, -0.25) is 14.5 Å². The first kappa shape index (κ1) is 25.8. The topological polar surface area (TPSA) is 72.9 Å². The lowest BCUT2D eigenvalue weighted by molar-refractivity contribution is -0.144. The van der Waals surface area contributed by atoms with E-state index in [0.29, 0.717) is 0 Å². The summed E-state index contributed by atoms with van der Waals surface area (Å²) in [5.74, 6) is -0.0301. The minimum atomic E-state index is -0.502. The molecule has 2 rings (SSSR count). The predicted octanol–water partition coefficient (Wildman–Crippen LogP) is 4.77. The number of ether oxygens (including phenoxy) is 2. The van der Waals surface area contributed by atoms with E-state index in [-0.39, 0.29) is 37.8 Å². The molecule has 0 aliphatic carbocycles. The molecule has 1 aromatic carbocycles. The van der Waals surface area contributed by atoms with Gasteiger partial charge < -0.3 is 9.47 Å². The lowest BCUT2D eigenvalue weighted by Gasteiger charge is -2.13. The molecule has 1 fully saturated rings. The average molecular weight is 452 g/mol. The van der Waals surface area contributed by atoms with Crippen LogP contribution in [-0.4, -0.2) is 42.9 Å². The van der Waals surface area contributed by atoms with E-state index in [0.717, 1.165) is 32.9 Å². The van der Waals surface area contributed by atoms with Crippen molar-refractivity contribution in [3.05, 3.63) is 69.8 Å². The SMILES string of the molecule is COc1cc(C)c(/C=C/C(C)=C/C=C/C(C)=C/C(=O)OCCN2C(=O)CCC2=O)c(C)c1C. The zero-order chi connectivity index (χ0) is 24.5. The van der Waals surface area contributed by atoms with Gasteiger partial charge in [-0.05, 0) is 68.5 Å². The van der Waals surface area contributed by atoms with Crippen molar-refractivity contribution in [2.75, 3.05) is 20.3 Å². The molecule has 6 heteroatoms. The third-order valence-corrected chi connectivity index (χ3v) is 5.62. The van der Waals surface area contributed by atoms with E-state index in [1.165, 1.54) is 17.2 Å². The number of allylic oxidation sites excluding steroid dienone is 6. The number of rotatable bonds is 9. The molecule has 1 aliphatic heterocycles. The number of carbonyl (C=O) groups is 3. The Morgan fingerprint density at radius 2 is 1.70 bits per heavy atom. The highest BCUT2D eigenvalue weighted by Crippen LogP contribution is 2.28. The summed E-state index contributed by atoms with van der Waals surface area (Å²) in [5, 5.41) is 0. The summed E-state index contributed by atoms with van der Waals surface area (Å²) < 4.78 is 10.5. The van der Waals surface area contributed by atoms with Crippen molar-refractivity contribution in [3.8, 4) is 5.75 Å². The quantitative estimate of drug-likeness (QED) is 0.234. The second-order valence-corrected chi connectivity index (χ2v) is 8.16. The van der Waals surface area contributed by atoms with Gasteiger partial charge in [0.05, 0.1) is 13.7 Å². The molecule has 176 valence electrons. The maximum Gasteiger partial charge on any atom is 0.331 e. The Morgan fingerprint density at radius 3 is 2.33 bits per heavy atom. The number of esters is 1. The number of carbonyl (C=O) groups excluding carboxylic acids is 3. The number of hydrogen-bond acceptors (Lipinski definition) is 5. The summed E-state index contributed by atoms with van der Waals surface area (Å²) in [4.78, 5) is 36.1. The van der Waals surface area contributed by atoms with Crippen LogP contribution in [0, 0.1) is 20.8 Å². The number of amides is 2. The summed E-state index contributed by atoms with van der Waals surface area (Å²) >= 11 is 0. The molecule has 1 heterocycles. The van der Waals surface area contributed by atoms with Crippen LogP contribution in [0.3, 0.4) is 0 Å². The van der Waals surface area contributed by atoms with E-state index >= 15 is 0 Å². The maximum absolute atomic E-state index is 11.9. The van der Waals surface area contributed by atoms with E-state index in [2.05, 4.69) is 39.0 Å². The number of nitrogens with zero attached hydrogens (tertiary/aromatic N) is 1. The van der Waals surface area contributed by atoms with Crippen LogP contribution in [0.25, 0.3) is 6.08 Å². The molecule has 1 aromatic rings. The standard InChI is InChI=1S/C27H33NO5/c1-18(10-11-23-20(3)17-24(32-6)22(5)21(23)4)8-7-9-19(2)16-27(31)33-15-14-28-25(29)12-13-26(28)30/h7-11,16-17H,12-15H2,1-6H3/b9-7+,11-10+,18-8+,19-16+. The summed E-state index contributed by atoms with van der Waals surface area (Å²) in [7, 11) is 1.69. The van der Waals surface area contributed by atoms with Gasteiger partial charge in [-0.25, -0.2) is 4.79 Å². The molecular formula is C27H33NO5. The van der Waals surface area contributed by atoms with Crippen molar-refractivity contribution in [2.24, 2.45) is 0 Å². The van der Waals surface area contributed by atoms with Gasteiger partial charge in [-0.15, -0.1) is 0 Å². The smallest absolute Gasteiger partial charge is 0.331 e. The second kappa shape index (κ2) is 12.0. The van der Waals surface area contributed by atoms with Crippen LogP contribution in [-0.2, 0) is 19.1 Å². The molecule has 0 unspecified atom stereocenters. The van der Waals surface area contributed by atoms with E-state index in [1.807, 2.05) is 25.2 Å². The summed E-state index contributed by atoms with van der Waals surface area (Å²) in [5.41, 5.74) is 6.47. The van der Waals surface area contributed by atoms with Gasteiger partial charge in [0.25, 0.3) is 0 Å². The highest BCUT2D eigenvalue weighted by molar-refractivity contribution is 6.01. The fourth-order valence-electron chi connectivity index (χ4n) is 3.54. The van der Waals surface area contributed by atoms with Crippen molar-refractivity contribution in [3.63, 3.8) is 0 Å². The van der Waals surface area contributed by atoms with Crippen LogP contribution >= 0.6 is 0 Å². The summed E-state index contributed by atoms with van der Waals surface area (Å²) in [6, 6.07) is 2.05. The van der Waals surface area contributed by atoms with Crippen LogP contribution in [0.1, 0.15) is 48.9 Å². The van der Waals surface area contributed by atoms with Gasteiger partial charge in [-0.1, -0.05) is 36.0 Å². The third-order valence-electron chi connectivity index (χ3n) is 5.62. The van der Waals surface area contributed by atoms with Crippen molar-refractivity contribution in [2.45, 2.75) is 47.5 Å². The molecule has 0 radical (unpaired) electrons. The Kier molecular flexibility index (Phi) is 9.40. The highest BCUT2D eigenvalue weighted by atomic mass is 16.5. The Balaban J connectivity index is 1.90. The Labute approximate surface area is 196 Å². The van der Waals surface area contributed by atoms with Gasteiger partial charge in [0, 0.05) is 18.9 Å². The van der Waals surface area contributed by atoms with Gasteiger partial charge in [0.2, 0.25) is 11.8 Å². The highest BCUT2D eigenvalue weighted by Gasteiger charge is 2.28. The molecule has 1 aliphatic rings. The first-order chi connectivity index (χ1) is 15.6. The van der Waals surface area contributed by atoms with E-state index in [4.69, 9.17) is 9.47 Å². The van der Waals surface area contributed by atoms with Gasteiger partial charge in [0.15, 0.2) is 0 Å². The number of imide groups is 1. The summed E-state index contributed by atoms with van der Waals surface area (Å²) in [6.07, 6.45) is 11.7. The molecule has 2 amide bonds. The zero-order valence-corrected chi connectivity index (χ0v) is 20.4. The van der Waals surface area contributed by atoms with Crippen molar-refractivity contribution in [1.82, 2.24) is 4.90 Å². The third kappa shape index (κ3) is 7.31. The molecule has 0 saturated carbocycles. The van der Waals surface area contributed by atoms with Crippen LogP contribution in [0.4, 0.5) is 0 Å². The maximum atomic E-state index is 11.9. The molecular weight excluding hydrogens is 418 g/mol. The predicted molar refractivity (Wildman–Crippen MR) is 130 cm³/mol. The molecule has 6 nitrogen and oxygen atoms in total. The molecule has 1 saturated heterocycles. The minimum Gasteiger partial charge on any atom is -0.496 e. The molecule has 0 bridgehead atoms. The van der Waals surface area contributed by atoms with Crippen LogP contribution in [0.5, 0.6) is 5.75 Å². The Hall–Kier alpha value is -3.41. The van der Waals surface area contributed by atoms with Crippen molar-refractivity contribution >= 4 is 23.9 Å². The average Bonchev–Trinajstić information content (AvgIpc) is 3.08. The molecule has 0 N–H and O–H groups in total. The van der Waals surface area contributed by atoms with Crippen molar-refractivity contribution in [1.29, 1.82) is 0 Å². The fraction of sp³-hybridized carbons (Fsp3) is 0.370. The number of likely N-dealkylation sites (tertiary alicyclic amines) is 1. The van der Waals surface area contributed by atoms with Crippen LogP contribution in [0.2, 0.25) is 0 Å². The van der Waals surface area contributed by atoms with Gasteiger partial charge >= 0.3 is 5.97 Å². The van der Waals surface area contributed by atoms with E-state index < -0.39 is 5.97 Å². The molecule has 0 spiro atoms. The van der Waals surface area contributed by atoms with E-state index in [9.17, 15) is 14.4 Å². The molecule has 0 atom stereocenters. The monoisotopic (exact) mass is 451 g/mol. The van der Waals surface area contributed by atoms with Crippen LogP contribution in [0.15, 0.2) is 47.6 Å². The minimum absolute atomic E-state index is 0.00270. The van der Waals surface area contributed by atoms with Gasteiger partial charge in [-0.2, -0.15) is 0 Å². The zero-order valence-electron chi connectivity index (χ0n) is 20.4. The number of benzene rings is 1. The number of methoxy groups -OCH3 is 1. The molecule has 0 aromatic heterocycles. The number of aryl methyl sites for hydroxylation is 1. The van der Waals surface area contributed by atoms with Crippen LogP contribution < -0.4 is 4.74 Å². The largest absolute Gasteiger partial charge is 0.496 e.